The molecule has 0 fully saturated rings. The standard InChI is InChI=1S/C11H14N4O5/c1-6(2)5-13-10-8(14(17)18)3-7(11(12)16)4-9(10)15(19)20/h3-4,6,13H,5H2,1-2H3,(H2,12,16). The third-order valence-electron chi connectivity index (χ3n) is 2.46. The number of benzene rings is 1. The zero-order valence-electron chi connectivity index (χ0n) is 11.0. The first kappa shape index (κ1) is 15.3. The molecule has 1 aromatic carbocycles. The number of hydrogen-bond acceptors (Lipinski definition) is 6. The minimum absolute atomic E-state index is 0.130. The van der Waals surface area contributed by atoms with Crippen molar-refractivity contribution in [3.05, 3.63) is 37.9 Å². The number of carbonyl (C=O) groups is 1. The molecular weight excluding hydrogens is 268 g/mol. The van der Waals surface area contributed by atoms with E-state index in [1.165, 1.54) is 0 Å². The third-order valence-corrected chi connectivity index (χ3v) is 2.46. The van der Waals surface area contributed by atoms with E-state index in [0.717, 1.165) is 12.1 Å². The molecule has 0 aromatic heterocycles. The summed E-state index contributed by atoms with van der Waals surface area (Å²) in [5.41, 5.74) is 3.42. The number of nitrogens with zero attached hydrogens (tertiary/aromatic N) is 2. The Kier molecular flexibility index (Phi) is 4.57. The Morgan fingerprint density at radius 1 is 1.25 bits per heavy atom. The monoisotopic (exact) mass is 282 g/mol. The van der Waals surface area contributed by atoms with E-state index in [9.17, 15) is 25.0 Å². The maximum Gasteiger partial charge on any atom is 0.300 e. The average molecular weight is 282 g/mol. The Morgan fingerprint density at radius 2 is 1.70 bits per heavy atom. The molecule has 0 radical (unpaired) electrons. The van der Waals surface area contributed by atoms with Gasteiger partial charge in [-0.1, -0.05) is 13.8 Å². The fourth-order valence-corrected chi connectivity index (χ4v) is 1.53. The Bertz CT molecular complexity index is 535. The quantitative estimate of drug-likeness (QED) is 0.600. The average Bonchev–Trinajstić information content (AvgIpc) is 2.34. The molecule has 108 valence electrons. The summed E-state index contributed by atoms with van der Waals surface area (Å²) in [6.45, 7) is 4.02. The molecule has 20 heavy (non-hydrogen) atoms. The van der Waals surface area contributed by atoms with Crippen LogP contribution >= 0.6 is 0 Å². The summed E-state index contributed by atoms with van der Waals surface area (Å²) in [5.74, 6) is -0.836. The van der Waals surface area contributed by atoms with Gasteiger partial charge in [0.25, 0.3) is 11.4 Å². The third kappa shape index (κ3) is 3.40. The van der Waals surface area contributed by atoms with Crippen molar-refractivity contribution < 1.29 is 14.6 Å². The van der Waals surface area contributed by atoms with Crippen LogP contribution in [0.15, 0.2) is 12.1 Å². The number of amides is 1. The number of nitrogens with two attached hydrogens (primary N) is 1. The smallest absolute Gasteiger partial charge is 0.300 e. The summed E-state index contributed by atoms with van der Waals surface area (Å²) in [6.07, 6.45) is 0. The lowest BCUT2D eigenvalue weighted by molar-refractivity contribution is -0.392. The van der Waals surface area contributed by atoms with Gasteiger partial charge in [0, 0.05) is 18.7 Å². The van der Waals surface area contributed by atoms with Crippen LogP contribution in [-0.2, 0) is 0 Å². The SMILES string of the molecule is CC(C)CNc1c([N+](=O)[O-])cc(C(N)=O)cc1[N+](=O)[O-]. The van der Waals surface area contributed by atoms with Crippen molar-refractivity contribution in [3.8, 4) is 0 Å². The van der Waals surface area contributed by atoms with E-state index in [0.29, 0.717) is 6.54 Å². The first-order valence-corrected chi connectivity index (χ1v) is 5.74. The van der Waals surface area contributed by atoms with Crippen molar-refractivity contribution in [3.63, 3.8) is 0 Å². The van der Waals surface area contributed by atoms with Crippen LogP contribution in [0.1, 0.15) is 24.2 Å². The van der Waals surface area contributed by atoms with Crippen LogP contribution in [0.3, 0.4) is 0 Å². The molecule has 0 atom stereocenters. The van der Waals surface area contributed by atoms with Crippen LogP contribution in [0, 0.1) is 26.1 Å². The largest absolute Gasteiger partial charge is 0.374 e. The lowest BCUT2D eigenvalue weighted by atomic mass is 10.1. The van der Waals surface area contributed by atoms with Crippen molar-refractivity contribution in [1.29, 1.82) is 0 Å². The summed E-state index contributed by atoms with van der Waals surface area (Å²) in [7, 11) is 0. The normalized spacial score (nSPS) is 10.3. The van der Waals surface area contributed by atoms with Crippen molar-refractivity contribution in [2.45, 2.75) is 13.8 Å². The predicted molar refractivity (Wildman–Crippen MR) is 71.6 cm³/mol. The number of primary amides is 1. The van der Waals surface area contributed by atoms with Gasteiger partial charge in [-0.25, -0.2) is 0 Å². The van der Waals surface area contributed by atoms with E-state index in [1.807, 2.05) is 13.8 Å². The van der Waals surface area contributed by atoms with Gasteiger partial charge in [-0.3, -0.25) is 25.0 Å². The van der Waals surface area contributed by atoms with Crippen LogP contribution in [0.2, 0.25) is 0 Å². The summed E-state index contributed by atoms with van der Waals surface area (Å²) in [5, 5.41) is 24.7. The van der Waals surface area contributed by atoms with E-state index in [1.54, 1.807) is 0 Å². The van der Waals surface area contributed by atoms with Crippen LogP contribution in [-0.4, -0.2) is 22.3 Å². The highest BCUT2D eigenvalue weighted by atomic mass is 16.6. The highest BCUT2D eigenvalue weighted by molar-refractivity contribution is 5.96. The molecule has 0 aliphatic rings. The van der Waals surface area contributed by atoms with E-state index >= 15 is 0 Å². The summed E-state index contributed by atoms with van der Waals surface area (Å²) < 4.78 is 0. The summed E-state index contributed by atoms with van der Waals surface area (Å²) >= 11 is 0. The zero-order valence-corrected chi connectivity index (χ0v) is 11.0. The van der Waals surface area contributed by atoms with Gasteiger partial charge in [0.1, 0.15) is 0 Å². The van der Waals surface area contributed by atoms with Gasteiger partial charge in [-0.15, -0.1) is 0 Å². The van der Waals surface area contributed by atoms with Crippen LogP contribution in [0.5, 0.6) is 0 Å². The molecule has 0 unspecified atom stereocenters. The van der Waals surface area contributed by atoms with E-state index in [2.05, 4.69) is 5.32 Å². The molecule has 0 spiro atoms. The highest BCUT2D eigenvalue weighted by Crippen LogP contribution is 2.35. The summed E-state index contributed by atoms with van der Waals surface area (Å²) in [6, 6.07) is 1.86. The molecule has 9 heteroatoms. The fourth-order valence-electron chi connectivity index (χ4n) is 1.53. The summed E-state index contributed by atoms with van der Waals surface area (Å²) in [4.78, 5) is 31.5. The Balaban J connectivity index is 3.46. The van der Waals surface area contributed by atoms with Crippen molar-refractivity contribution in [2.75, 3.05) is 11.9 Å². The number of nitro groups is 2. The first-order chi connectivity index (χ1) is 9.23. The second-order valence-electron chi connectivity index (χ2n) is 4.54. The molecule has 9 nitrogen and oxygen atoms in total. The molecule has 0 bridgehead atoms. The van der Waals surface area contributed by atoms with Gasteiger partial charge < -0.3 is 11.1 Å². The van der Waals surface area contributed by atoms with E-state index in [4.69, 9.17) is 5.73 Å². The Labute approximate surface area is 114 Å². The molecule has 1 rings (SSSR count). The number of hydrogen-bond donors (Lipinski definition) is 2. The van der Waals surface area contributed by atoms with Gasteiger partial charge in [0.2, 0.25) is 5.91 Å². The van der Waals surface area contributed by atoms with Crippen LogP contribution < -0.4 is 11.1 Å². The molecule has 0 saturated heterocycles. The molecule has 1 aromatic rings. The van der Waals surface area contributed by atoms with Crippen molar-refractivity contribution >= 4 is 23.0 Å². The minimum atomic E-state index is -0.966. The van der Waals surface area contributed by atoms with E-state index in [-0.39, 0.29) is 17.2 Å². The molecule has 0 heterocycles. The molecule has 0 aliphatic carbocycles. The second-order valence-corrected chi connectivity index (χ2v) is 4.54. The number of anilines is 1. The predicted octanol–water partition coefficient (Wildman–Crippen LogP) is 1.67. The number of nitro benzene ring substituents is 2. The first-order valence-electron chi connectivity index (χ1n) is 5.74. The zero-order chi connectivity index (χ0) is 15.4. The number of nitrogens with one attached hydrogen (secondary N) is 1. The van der Waals surface area contributed by atoms with E-state index < -0.39 is 27.1 Å². The van der Waals surface area contributed by atoms with Crippen molar-refractivity contribution in [1.82, 2.24) is 0 Å². The lowest BCUT2D eigenvalue weighted by Gasteiger charge is -2.10. The number of carbonyl (C=O) groups excluding carboxylic acids is 1. The molecular formula is C11H14N4O5. The van der Waals surface area contributed by atoms with Crippen molar-refractivity contribution in [2.24, 2.45) is 11.7 Å². The Hall–Kier alpha value is -2.71. The van der Waals surface area contributed by atoms with Gasteiger partial charge in [0.15, 0.2) is 5.69 Å². The topological polar surface area (TPSA) is 141 Å². The van der Waals surface area contributed by atoms with Gasteiger partial charge >= 0.3 is 0 Å². The van der Waals surface area contributed by atoms with Gasteiger partial charge in [0.05, 0.1) is 15.4 Å². The lowest BCUT2D eigenvalue weighted by Crippen LogP contribution is -2.15. The highest BCUT2D eigenvalue weighted by Gasteiger charge is 2.27. The van der Waals surface area contributed by atoms with Gasteiger partial charge in [-0.2, -0.15) is 0 Å². The maximum atomic E-state index is 11.1. The molecule has 1 amide bonds. The maximum absolute atomic E-state index is 11.1. The Morgan fingerprint density at radius 3 is 2.00 bits per heavy atom. The molecule has 3 N–H and O–H groups in total. The minimum Gasteiger partial charge on any atom is -0.374 e. The fraction of sp³-hybridized carbons (Fsp3) is 0.364. The van der Waals surface area contributed by atoms with Crippen LogP contribution in [0.4, 0.5) is 17.1 Å². The molecule has 0 saturated carbocycles. The number of rotatable bonds is 6. The van der Waals surface area contributed by atoms with Gasteiger partial charge in [-0.05, 0) is 5.92 Å². The molecule has 0 aliphatic heterocycles. The second kappa shape index (κ2) is 5.95. The van der Waals surface area contributed by atoms with Crippen LogP contribution in [0.25, 0.3) is 0 Å².